The van der Waals surface area contributed by atoms with Crippen LogP contribution >= 0.6 is 11.3 Å². The molecule has 1 heterocycles. The number of thiophene rings is 1. The molecule has 1 amide bonds. The number of amides is 1. The second kappa shape index (κ2) is 7.03. The Morgan fingerprint density at radius 3 is 2.59 bits per heavy atom. The molecule has 4 rings (SSSR count). The summed E-state index contributed by atoms with van der Waals surface area (Å²) in [6, 6.07) is 6.96. The monoisotopic (exact) mass is 416 g/mol. The zero-order valence-electron chi connectivity index (χ0n) is 15.9. The van der Waals surface area contributed by atoms with Gasteiger partial charge in [-0.15, -0.1) is 11.3 Å². The van der Waals surface area contributed by atoms with Crippen molar-refractivity contribution < 1.29 is 18.0 Å². The molecule has 0 spiro atoms. The molecule has 0 unspecified atom stereocenters. The van der Waals surface area contributed by atoms with Gasteiger partial charge in [-0.05, 0) is 49.7 Å². The van der Waals surface area contributed by atoms with E-state index in [2.05, 4.69) is 11.4 Å². The smallest absolute Gasteiger partial charge is 0.316 e. The third-order valence-corrected chi connectivity index (χ3v) is 6.93. The Hall–Kier alpha value is -2.59. The van der Waals surface area contributed by atoms with Crippen LogP contribution in [0.4, 0.5) is 18.2 Å². The number of halogens is 3. The fourth-order valence-electron chi connectivity index (χ4n) is 4.35. The molecule has 1 fully saturated rings. The van der Waals surface area contributed by atoms with Crippen LogP contribution in [0.3, 0.4) is 0 Å². The fourth-order valence-corrected chi connectivity index (χ4v) is 5.61. The normalized spacial score (nSPS) is 22.7. The number of benzene rings is 1. The Kier molecular flexibility index (Phi) is 4.78. The van der Waals surface area contributed by atoms with Gasteiger partial charge in [-0.2, -0.15) is 18.4 Å². The van der Waals surface area contributed by atoms with Gasteiger partial charge in [0.15, 0.2) is 0 Å². The molecule has 2 aromatic rings. The number of aryl methyl sites for hydroxylation is 2. The van der Waals surface area contributed by atoms with Crippen molar-refractivity contribution in [3.63, 3.8) is 0 Å². The van der Waals surface area contributed by atoms with E-state index in [0.29, 0.717) is 23.5 Å². The van der Waals surface area contributed by atoms with Crippen molar-refractivity contribution in [3.8, 4) is 16.5 Å². The predicted octanol–water partition coefficient (Wildman–Crippen LogP) is 6.07. The van der Waals surface area contributed by atoms with Crippen LogP contribution in [0.1, 0.15) is 35.1 Å². The van der Waals surface area contributed by atoms with Gasteiger partial charge in [0, 0.05) is 5.92 Å². The van der Waals surface area contributed by atoms with Gasteiger partial charge in [0.05, 0.1) is 16.0 Å². The van der Waals surface area contributed by atoms with E-state index in [1.165, 1.54) is 0 Å². The number of anilines is 1. The van der Waals surface area contributed by atoms with E-state index in [-0.39, 0.29) is 27.6 Å². The minimum atomic E-state index is -4.70. The van der Waals surface area contributed by atoms with Crippen molar-refractivity contribution in [1.82, 2.24) is 0 Å². The first kappa shape index (κ1) is 19.7. The van der Waals surface area contributed by atoms with Crippen molar-refractivity contribution in [3.05, 3.63) is 52.6 Å². The summed E-state index contributed by atoms with van der Waals surface area (Å²) in [5.74, 6) is -0.0604. The summed E-state index contributed by atoms with van der Waals surface area (Å²) < 4.78 is 41.8. The summed E-state index contributed by atoms with van der Waals surface area (Å²) in [7, 11) is 0. The Labute approximate surface area is 170 Å². The third kappa shape index (κ3) is 3.46. The van der Waals surface area contributed by atoms with Crippen LogP contribution in [0.2, 0.25) is 0 Å². The largest absolute Gasteiger partial charge is 0.419 e. The molecule has 1 N–H and O–H groups in total. The number of hydrogen-bond donors (Lipinski definition) is 1. The van der Waals surface area contributed by atoms with E-state index in [1.807, 2.05) is 12.1 Å². The second-order valence-electron chi connectivity index (χ2n) is 7.81. The molecule has 3 nitrogen and oxygen atoms in total. The number of fused-ring (bicyclic) bond motifs is 2. The Morgan fingerprint density at radius 2 is 2.00 bits per heavy atom. The van der Waals surface area contributed by atoms with Gasteiger partial charge in [0.1, 0.15) is 11.1 Å². The van der Waals surface area contributed by atoms with Gasteiger partial charge in [0.2, 0.25) is 5.91 Å². The summed E-state index contributed by atoms with van der Waals surface area (Å²) >= 11 is 0.828. The first-order chi connectivity index (χ1) is 13.7. The molecule has 0 radical (unpaired) electrons. The Bertz CT molecular complexity index is 1060. The predicted molar refractivity (Wildman–Crippen MR) is 106 cm³/mol. The molecule has 29 heavy (non-hydrogen) atoms. The number of nitrogens with one attached hydrogen (secondary N) is 1. The molecular formula is C22H19F3N2OS. The van der Waals surface area contributed by atoms with E-state index in [4.69, 9.17) is 0 Å². The summed E-state index contributed by atoms with van der Waals surface area (Å²) in [6.07, 6.45) is 1.03. The number of carbonyl (C=O) groups is 1. The van der Waals surface area contributed by atoms with Gasteiger partial charge < -0.3 is 5.32 Å². The average Bonchev–Trinajstić information content (AvgIpc) is 3.36. The number of alkyl halides is 3. The minimum Gasteiger partial charge on any atom is -0.316 e. The van der Waals surface area contributed by atoms with Crippen molar-refractivity contribution in [1.29, 1.82) is 5.26 Å². The zero-order chi connectivity index (χ0) is 20.9. The van der Waals surface area contributed by atoms with Gasteiger partial charge in [-0.25, -0.2) is 0 Å². The quantitative estimate of drug-likeness (QED) is 0.617. The van der Waals surface area contributed by atoms with Gasteiger partial charge in [-0.3, -0.25) is 4.79 Å². The van der Waals surface area contributed by atoms with E-state index < -0.39 is 17.3 Å². The topological polar surface area (TPSA) is 52.9 Å². The highest BCUT2D eigenvalue weighted by atomic mass is 32.1. The third-order valence-electron chi connectivity index (χ3n) is 5.79. The number of nitrogens with zero attached hydrogens (tertiary/aromatic N) is 1. The maximum atomic E-state index is 13.9. The van der Waals surface area contributed by atoms with Crippen LogP contribution < -0.4 is 5.32 Å². The highest BCUT2D eigenvalue weighted by molar-refractivity contribution is 7.20. The minimum absolute atomic E-state index is 0.0208. The molecule has 3 atom stereocenters. The lowest BCUT2D eigenvalue weighted by Gasteiger charge is -2.17. The lowest BCUT2D eigenvalue weighted by Crippen LogP contribution is -2.25. The highest BCUT2D eigenvalue weighted by Gasteiger charge is 2.43. The number of hydrogen-bond acceptors (Lipinski definition) is 3. The van der Waals surface area contributed by atoms with Crippen LogP contribution in [-0.4, -0.2) is 5.91 Å². The lowest BCUT2D eigenvalue weighted by molar-refractivity contribution is -0.137. The van der Waals surface area contributed by atoms with E-state index in [0.717, 1.165) is 23.3 Å². The molecule has 1 aromatic carbocycles. The summed E-state index contributed by atoms with van der Waals surface area (Å²) in [4.78, 5) is 12.7. The zero-order valence-corrected chi connectivity index (χ0v) is 16.7. The first-order valence-electron chi connectivity index (χ1n) is 9.40. The molecule has 1 aromatic heterocycles. The molecular weight excluding hydrogens is 397 g/mol. The van der Waals surface area contributed by atoms with Crippen LogP contribution in [0, 0.1) is 42.9 Å². The van der Waals surface area contributed by atoms with E-state index in [1.54, 1.807) is 32.0 Å². The van der Waals surface area contributed by atoms with Gasteiger partial charge in [0.25, 0.3) is 0 Å². The standard InChI is InChI=1S/C22H19F3N2OS/c1-11-3-4-12(2)15(7-11)19-18(22(23,24)25)17(10-26)21(29-19)27-20(28)16-9-13-5-6-14(16)8-13/h3-7,13-14,16H,8-9H2,1-2H3,(H,27,28)/t13-,14-,16-/m1/s1. The maximum Gasteiger partial charge on any atom is 0.419 e. The molecule has 2 bridgehead atoms. The van der Waals surface area contributed by atoms with Gasteiger partial charge in [-0.1, -0.05) is 35.9 Å². The Morgan fingerprint density at radius 1 is 1.24 bits per heavy atom. The fraction of sp³-hybridized carbons (Fsp3) is 0.364. The van der Waals surface area contributed by atoms with Crippen molar-refractivity contribution in [2.45, 2.75) is 32.9 Å². The van der Waals surface area contributed by atoms with E-state index in [9.17, 15) is 23.2 Å². The number of rotatable bonds is 3. The second-order valence-corrected chi connectivity index (χ2v) is 8.83. The summed E-state index contributed by atoms with van der Waals surface area (Å²) in [5.41, 5.74) is 0.461. The average molecular weight is 416 g/mol. The summed E-state index contributed by atoms with van der Waals surface area (Å²) in [5, 5.41) is 12.2. The van der Waals surface area contributed by atoms with Gasteiger partial charge >= 0.3 is 6.18 Å². The molecule has 0 saturated heterocycles. The number of allylic oxidation sites excluding steroid dienone is 2. The first-order valence-corrected chi connectivity index (χ1v) is 10.2. The maximum absolute atomic E-state index is 13.9. The summed E-state index contributed by atoms with van der Waals surface area (Å²) in [6.45, 7) is 3.54. The molecule has 2 aliphatic rings. The van der Waals surface area contributed by atoms with Crippen molar-refractivity contribution in [2.24, 2.45) is 17.8 Å². The molecule has 150 valence electrons. The molecule has 1 saturated carbocycles. The number of nitriles is 1. The van der Waals surface area contributed by atoms with Crippen LogP contribution in [0.25, 0.3) is 10.4 Å². The van der Waals surface area contributed by atoms with Crippen LogP contribution in [0.5, 0.6) is 0 Å². The number of carbonyl (C=O) groups excluding carboxylic acids is 1. The van der Waals surface area contributed by atoms with E-state index >= 15 is 0 Å². The molecule has 0 aliphatic heterocycles. The molecule has 7 heteroatoms. The van der Waals surface area contributed by atoms with Crippen molar-refractivity contribution in [2.75, 3.05) is 5.32 Å². The molecule has 2 aliphatic carbocycles. The van der Waals surface area contributed by atoms with Crippen LogP contribution in [0.15, 0.2) is 30.4 Å². The SMILES string of the molecule is Cc1ccc(C)c(-c2sc(NC(=O)[C@@H]3C[C@@H]4C=C[C@@H]3C4)c(C#N)c2C(F)(F)F)c1. The Balaban J connectivity index is 1.78. The highest BCUT2D eigenvalue weighted by Crippen LogP contribution is 2.49. The van der Waals surface area contributed by atoms with Crippen LogP contribution in [-0.2, 0) is 11.0 Å². The lowest BCUT2D eigenvalue weighted by atomic mass is 9.93. The van der Waals surface area contributed by atoms with Crippen molar-refractivity contribution >= 4 is 22.2 Å².